The Labute approximate surface area is 169 Å². The van der Waals surface area contributed by atoms with Gasteiger partial charge in [-0.15, -0.1) is 0 Å². The van der Waals surface area contributed by atoms with Crippen molar-refractivity contribution in [2.45, 2.75) is 18.7 Å². The zero-order valence-corrected chi connectivity index (χ0v) is 17.6. The van der Waals surface area contributed by atoms with Crippen LogP contribution >= 0.6 is 34.8 Å². The molecule has 0 aliphatic carbocycles. The zero-order valence-electron chi connectivity index (χ0n) is 14.5. The van der Waals surface area contributed by atoms with E-state index < -0.39 is 10.0 Å². The number of anilines is 1. The van der Waals surface area contributed by atoms with E-state index in [4.69, 9.17) is 34.8 Å². The van der Waals surface area contributed by atoms with Crippen molar-refractivity contribution in [3.8, 4) is 0 Å². The second-order valence-corrected chi connectivity index (χ2v) is 9.48. The molecule has 2 aromatic rings. The van der Waals surface area contributed by atoms with Crippen LogP contribution in [0.1, 0.15) is 11.1 Å². The highest BCUT2D eigenvalue weighted by Gasteiger charge is 2.30. The molecule has 1 saturated heterocycles. The van der Waals surface area contributed by atoms with Crippen LogP contribution < -0.4 is 4.90 Å². The molecular formula is C18H19Cl3N2O2S. The van der Waals surface area contributed by atoms with E-state index in [-0.39, 0.29) is 0 Å². The van der Waals surface area contributed by atoms with E-state index in [2.05, 4.69) is 4.90 Å². The molecule has 1 fully saturated rings. The van der Waals surface area contributed by atoms with Crippen LogP contribution in [0.4, 0.5) is 5.69 Å². The normalized spacial score (nSPS) is 16.1. The molecule has 140 valence electrons. The SMILES string of the molecule is Cc1cc(S(=O)(=O)N2CCN(c3ccc(Cl)c(Cl)c3)CC2)c(C)cc1Cl. The highest BCUT2D eigenvalue weighted by Crippen LogP contribution is 2.30. The summed E-state index contributed by atoms with van der Waals surface area (Å²) in [6.45, 7) is 5.56. The fourth-order valence-electron chi connectivity index (χ4n) is 3.04. The van der Waals surface area contributed by atoms with Gasteiger partial charge in [-0.25, -0.2) is 8.42 Å². The molecule has 1 aliphatic heterocycles. The second kappa shape index (κ2) is 7.56. The van der Waals surface area contributed by atoms with Gasteiger partial charge in [-0.1, -0.05) is 34.8 Å². The van der Waals surface area contributed by atoms with Gasteiger partial charge in [0.15, 0.2) is 0 Å². The Hall–Kier alpha value is -0.980. The van der Waals surface area contributed by atoms with Gasteiger partial charge in [0.05, 0.1) is 14.9 Å². The van der Waals surface area contributed by atoms with E-state index in [1.54, 1.807) is 31.2 Å². The summed E-state index contributed by atoms with van der Waals surface area (Å²) in [6, 6.07) is 8.81. The summed E-state index contributed by atoms with van der Waals surface area (Å²) in [7, 11) is -3.55. The molecule has 8 heteroatoms. The maximum atomic E-state index is 13.0. The summed E-state index contributed by atoms with van der Waals surface area (Å²) < 4.78 is 27.6. The molecule has 0 bridgehead atoms. The van der Waals surface area contributed by atoms with Crippen molar-refractivity contribution in [1.82, 2.24) is 4.31 Å². The van der Waals surface area contributed by atoms with Crippen LogP contribution in [-0.2, 0) is 10.0 Å². The zero-order chi connectivity index (χ0) is 19.1. The lowest BCUT2D eigenvalue weighted by Gasteiger charge is -2.35. The number of hydrogen-bond acceptors (Lipinski definition) is 3. The summed E-state index contributed by atoms with van der Waals surface area (Å²) in [5.74, 6) is 0. The van der Waals surface area contributed by atoms with Crippen LogP contribution in [0, 0.1) is 13.8 Å². The number of nitrogens with zero attached hydrogens (tertiary/aromatic N) is 2. The third-order valence-electron chi connectivity index (χ3n) is 4.58. The van der Waals surface area contributed by atoms with E-state index in [9.17, 15) is 8.42 Å². The van der Waals surface area contributed by atoms with Gasteiger partial charge in [-0.3, -0.25) is 0 Å². The largest absolute Gasteiger partial charge is 0.369 e. The fourth-order valence-corrected chi connectivity index (χ4v) is 5.26. The number of halogens is 3. The second-order valence-electron chi connectivity index (χ2n) is 6.36. The standard InChI is InChI=1S/C18H19Cl3N2O2S/c1-12-10-18(13(2)9-16(12)20)26(24,25)23-7-5-22(6-8-23)14-3-4-15(19)17(21)11-14/h3-4,9-11H,5-8H2,1-2H3. The minimum absolute atomic E-state index is 0.322. The van der Waals surface area contributed by atoms with Crippen molar-refractivity contribution >= 4 is 50.5 Å². The number of benzene rings is 2. The molecule has 1 aliphatic rings. The summed E-state index contributed by atoms with van der Waals surface area (Å²) in [5.41, 5.74) is 2.35. The lowest BCUT2D eigenvalue weighted by Crippen LogP contribution is -2.48. The molecule has 0 aromatic heterocycles. The van der Waals surface area contributed by atoms with Crippen LogP contribution in [-0.4, -0.2) is 38.9 Å². The van der Waals surface area contributed by atoms with Gasteiger partial charge in [0, 0.05) is 36.9 Å². The van der Waals surface area contributed by atoms with Crippen molar-refractivity contribution in [3.63, 3.8) is 0 Å². The van der Waals surface area contributed by atoms with Crippen molar-refractivity contribution in [3.05, 3.63) is 56.5 Å². The maximum absolute atomic E-state index is 13.0. The molecule has 0 radical (unpaired) electrons. The van der Waals surface area contributed by atoms with E-state index >= 15 is 0 Å². The molecule has 4 nitrogen and oxygen atoms in total. The Morgan fingerprint density at radius 2 is 1.46 bits per heavy atom. The Kier molecular flexibility index (Phi) is 5.75. The van der Waals surface area contributed by atoms with Gasteiger partial charge in [0.25, 0.3) is 0 Å². The average molecular weight is 434 g/mol. The van der Waals surface area contributed by atoms with Crippen LogP contribution in [0.25, 0.3) is 0 Å². The summed E-state index contributed by atoms with van der Waals surface area (Å²) in [6.07, 6.45) is 0. The Morgan fingerprint density at radius 3 is 2.08 bits per heavy atom. The predicted molar refractivity (Wildman–Crippen MR) is 108 cm³/mol. The molecule has 26 heavy (non-hydrogen) atoms. The number of rotatable bonds is 3. The number of sulfonamides is 1. The molecule has 3 rings (SSSR count). The highest BCUT2D eigenvalue weighted by atomic mass is 35.5. The predicted octanol–water partition coefficient (Wildman–Crippen LogP) is 4.77. The third kappa shape index (κ3) is 3.82. The van der Waals surface area contributed by atoms with Gasteiger partial charge >= 0.3 is 0 Å². The monoisotopic (exact) mass is 432 g/mol. The van der Waals surface area contributed by atoms with Crippen LogP contribution in [0.15, 0.2) is 35.2 Å². The fraction of sp³-hybridized carbons (Fsp3) is 0.333. The molecule has 0 amide bonds. The van der Waals surface area contributed by atoms with Gasteiger partial charge in [-0.2, -0.15) is 4.31 Å². The first-order chi connectivity index (χ1) is 12.2. The Bertz CT molecular complexity index is 940. The third-order valence-corrected chi connectivity index (χ3v) is 7.77. The van der Waals surface area contributed by atoms with Crippen LogP contribution in [0.2, 0.25) is 15.1 Å². The summed E-state index contributed by atoms with van der Waals surface area (Å²) in [4.78, 5) is 2.43. The minimum Gasteiger partial charge on any atom is -0.369 e. The number of aryl methyl sites for hydroxylation is 2. The van der Waals surface area contributed by atoms with E-state index in [1.807, 2.05) is 13.0 Å². The molecule has 1 heterocycles. The molecular weight excluding hydrogens is 415 g/mol. The topological polar surface area (TPSA) is 40.6 Å². The average Bonchev–Trinajstić information content (AvgIpc) is 2.60. The first-order valence-corrected chi connectivity index (χ1v) is 10.7. The van der Waals surface area contributed by atoms with E-state index in [0.29, 0.717) is 51.7 Å². The maximum Gasteiger partial charge on any atom is 0.243 e. The minimum atomic E-state index is -3.55. The van der Waals surface area contributed by atoms with Gasteiger partial charge in [0.2, 0.25) is 10.0 Å². The quantitative estimate of drug-likeness (QED) is 0.700. The van der Waals surface area contributed by atoms with Crippen molar-refractivity contribution in [2.75, 3.05) is 31.1 Å². The molecule has 0 atom stereocenters. The molecule has 0 N–H and O–H groups in total. The summed E-state index contributed by atoms with van der Waals surface area (Å²) >= 11 is 18.1. The Morgan fingerprint density at radius 1 is 0.808 bits per heavy atom. The molecule has 0 saturated carbocycles. The van der Waals surface area contributed by atoms with Crippen molar-refractivity contribution in [2.24, 2.45) is 0 Å². The highest BCUT2D eigenvalue weighted by molar-refractivity contribution is 7.89. The number of hydrogen-bond donors (Lipinski definition) is 0. The van der Waals surface area contributed by atoms with Gasteiger partial charge < -0.3 is 4.90 Å². The smallest absolute Gasteiger partial charge is 0.243 e. The van der Waals surface area contributed by atoms with Crippen LogP contribution in [0.5, 0.6) is 0 Å². The first kappa shape index (κ1) is 19.8. The van der Waals surface area contributed by atoms with Gasteiger partial charge in [-0.05, 0) is 55.3 Å². The van der Waals surface area contributed by atoms with E-state index in [0.717, 1.165) is 11.3 Å². The van der Waals surface area contributed by atoms with Crippen molar-refractivity contribution < 1.29 is 8.42 Å². The van der Waals surface area contributed by atoms with E-state index in [1.165, 1.54) is 4.31 Å². The molecule has 2 aromatic carbocycles. The first-order valence-electron chi connectivity index (χ1n) is 8.17. The van der Waals surface area contributed by atoms with Crippen molar-refractivity contribution in [1.29, 1.82) is 0 Å². The Balaban J connectivity index is 1.78. The molecule has 0 spiro atoms. The van der Waals surface area contributed by atoms with Crippen LogP contribution in [0.3, 0.4) is 0 Å². The van der Waals surface area contributed by atoms with Gasteiger partial charge in [0.1, 0.15) is 0 Å². The molecule has 0 unspecified atom stereocenters. The summed E-state index contributed by atoms with van der Waals surface area (Å²) in [5, 5.41) is 1.57. The number of piperazine rings is 1. The lowest BCUT2D eigenvalue weighted by molar-refractivity contribution is 0.384. The lowest BCUT2D eigenvalue weighted by atomic mass is 10.2.